The minimum absolute atomic E-state index is 0.670. The van der Waals surface area contributed by atoms with Gasteiger partial charge in [0.25, 0.3) is 0 Å². The van der Waals surface area contributed by atoms with Gasteiger partial charge in [0.05, 0.1) is 0 Å². The molecule has 0 aliphatic heterocycles. The summed E-state index contributed by atoms with van der Waals surface area (Å²) in [5.74, 6) is 0. The largest absolute Gasteiger partial charge is 0.318 e. The van der Waals surface area contributed by atoms with E-state index in [1.165, 1.54) is 6.42 Å². The highest BCUT2D eigenvalue weighted by atomic mass is 15.2. The molecule has 1 unspecified atom stereocenters. The van der Waals surface area contributed by atoms with Crippen molar-refractivity contribution in [2.45, 2.75) is 19.4 Å². The van der Waals surface area contributed by atoms with Crippen LogP contribution in [0.25, 0.3) is 0 Å². The fourth-order valence-electron chi connectivity index (χ4n) is 1.32. The Balaban J connectivity index is 3.60. The molecule has 0 aliphatic carbocycles. The molecule has 0 saturated carbocycles. The molecule has 0 saturated heterocycles. The lowest BCUT2D eigenvalue weighted by molar-refractivity contribution is 0.234. The van der Waals surface area contributed by atoms with E-state index in [9.17, 15) is 0 Å². The van der Waals surface area contributed by atoms with Crippen LogP contribution >= 0.6 is 0 Å². The van der Waals surface area contributed by atoms with E-state index >= 15 is 0 Å². The molecule has 3 nitrogen and oxygen atoms in total. The van der Waals surface area contributed by atoms with Crippen LogP contribution in [-0.2, 0) is 0 Å². The fourth-order valence-corrected chi connectivity index (χ4v) is 1.32. The van der Waals surface area contributed by atoms with E-state index in [0.717, 1.165) is 19.6 Å². The highest BCUT2D eigenvalue weighted by Gasteiger charge is 2.09. The molecule has 0 aliphatic rings. The van der Waals surface area contributed by atoms with Crippen LogP contribution in [0, 0.1) is 0 Å². The Labute approximate surface area is 76.5 Å². The number of nitrogens with one attached hydrogen (secondary N) is 2. The zero-order valence-electron chi connectivity index (χ0n) is 8.85. The maximum absolute atomic E-state index is 3.21. The fraction of sp³-hybridized carbons (Fsp3) is 1.00. The van der Waals surface area contributed by atoms with Gasteiger partial charge in [-0.15, -0.1) is 0 Å². The molecular weight excluding hydrogens is 150 g/mol. The molecule has 2 N–H and O–H groups in total. The molecule has 74 valence electrons. The van der Waals surface area contributed by atoms with E-state index in [1.54, 1.807) is 0 Å². The monoisotopic (exact) mass is 173 g/mol. The average molecular weight is 173 g/mol. The van der Waals surface area contributed by atoms with Crippen LogP contribution in [0.1, 0.15) is 13.3 Å². The molecule has 0 aromatic heterocycles. The van der Waals surface area contributed by atoms with Gasteiger partial charge in [0.1, 0.15) is 0 Å². The summed E-state index contributed by atoms with van der Waals surface area (Å²) in [6.07, 6.45) is 1.21. The van der Waals surface area contributed by atoms with Gasteiger partial charge in [-0.05, 0) is 27.6 Å². The van der Waals surface area contributed by atoms with Crippen molar-refractivity contribution in [1.29, 1.82) is 0 Å². The van der Waals surface area contributed by atoms with Gasteiger partial charge in [-0.3, -0.25) is 0 Å². The molecule has 0 aromatic rings. The summed E-state index contributed by atoms with van der Waals surface area (Å²) in [5.41, 5.74) is 0. The molecule has 0 spiro atoms. The van der Waals surface area contributed by atoms with E-state index in [0.29, 0.717) is 6.04 Å². The summed E-state index contributed by atoms with van der Waals surface area (Å²) in [6, 6.07) is 0.670. The van der Waals surface area contributed by atoms with Crippen LogP contribution in [0.15, 0.2) is 0 Å². The van der Waals surface area contributed by atoms with Crippen LogP contribution < -0.4 is 10.6 Å². The second-order valence-corrected chi connectivity index (χ2v) is 3.20. The summed E-state index contributed by atoms with van der Waals surface area (Å²) in [5, 5.41) is 6.37. The van der Waals surface area contributed by atoms with Gasteiger partial charge in [0.15, 0.2) is 0 Å². The lowest BCUT2D eigenvalue weighted by atomic mass is 10.2. The molecule has 12 heavy (non-hydrogen) atoms. The third kappa shape index (κ3) is 4.70. The van der Waals surface area contributed by atoms with Gasteiger partial charge in [0, 0.05) is 25.7 Å². The molecule has 0 amide bonds. The lowest BCUT2D eigenvalue weighted by Crippen LogP contribution is -2.41. The van der Waals surface area contributed by atoms with Gasteiger partial charge < -0.3 is 15.5 Å². The maximum Gasteiger partial charge on any atom is 0.0215 e. The second kappa shape index (κ2) is 7.53. The molecule has 1 atom stereocenters. The van der Waals surface area contributed by atoms with E-state index < -0.39 is 0 Å². The van der Waals surface area contributed by atoms with Gasteiger partial charge >= 0.3 is 0 Å². The molecular formula is C9H23N3. The predicted octanol–water partition coefficient (Wildman–Crippen LogP) is 0.136. The third-order valence-electron chi connectivity index (χ3n) is 2.25. The summed E-state index contributed by atoms with van der Waals surface area (Å²) in [4.78, 5) is 2.40. The van der Waals surface area contributed by atoms with Crippen LogP contribution in [0.3, 0.4) is 0 Å². The summed E-state index contributed by atoms with van der Waals surface area (Å²) < 4.78 is 0. The molecule has 0 fully saturated rings. The minimum Gasteiger partial charge on any atom is -0.318 e. The van der Waals surface area contributed by atoms with Crippen molar-refractivity contribution in [3.05, 3.63) is 0 Å². The molecule has 0 radical (unpaired) electrons. The first-order valence-electron chi connectivity index (χ1n) is 4.75. The average Bonchev–Trinajstić information content (AvgIpc) is 2.10. The van der Waals surface area contributed by atoms with Crippen LogP contribution in [0.4, 0.5) is 0 Å². The Kier molecular flexibility index (Phi) is 7.45. The first-order valence-corrected chi connectivity index (χ1v) is 4.75. The Morgan fingerprint density at radius 2 is 1.92 bits per heavy atom. The van der Waals surface area contributed by atoms with E-state index in [-0.39, 0.29) is 0 Å². The van der Waals surface area contributed by atoms with Crippen LogP contribution in [0.5, 0.6) is 0 Å². The summed E-state index contributed by atoms with van der Waals surface area (Å²) in [7, 11) is 6.18. The van der Waals surface area contributed by atoms with Crippen LogP contribution in [-0.4, -0.2) is 51.7 Å². The quantitative estimate of drug-likeness (QED) is 0.573. The van der Waals surface area contributed by atoms with Crippen molar-refractivity contribution < 1.29 is 0 Å². The molecule has 0 aromatic carbocycles. The van der Waals surface area contributed by atoms with Gasteiger partial charge in [-0.2, -0.15) is 0 Å². The van der Waals surface area contributed by atoms with E-state index in [4.69, 9.17) is 0 Å². The topological polar surface area (TPSA) is 27.3 Å². The van der Waals surface area contributed by atoms with E-state index in [2.05, 4.69) is 29.5 Å². The van der Waals surface area contributed by atoms with Gasteiger partial charge in [-0.25, -0.2) is 0 Å². The first-order chi connectivity index (χ1) is 5.76. The minimum atomic E-state index is 0.670. The zero-order chi connectivity index (χ0) is 9.40. The summed E-state index contributed by atoms with van der Waals surface area (Å²) in [6.45, 7) is 5.50. The number of hydrogen-bond donors (Lipinski definition) is 2. The van der Waals surface area contributed by atoms with Crippen molar-refractivity contribution in [2.75, 3.05) is 40.8 Å². The van der Waals surface area contributed by atoms with Crippen molar-refractivity contribution in [3.8, 4) is 0 Å². The highest BCUT2D eigenvalue weighted by molar-refractivity contribution is 4.69. The van der Waals surface area contributed by atoms with Gasteiger partial charge in [0.2, 0.25) is 0 Å². The first kappa shape index (κ1) is 11.9. The molecule has 0 rings (SSSR count). The molecule has 3 heteroatoms. The normalized spacial score (nSPS) is 13.8. The predicted molar refractivity (Wildman–Crippen MR) is 54.6 cm³/mol. The summed E-state index contributed by atoms with van der Waals surface area (Å²) >= 11 is 0. The molecule has 0 heterocycles. The number of rotatable bonds is 7. The Morgan fingerprint density at radius 1 is 1.25 bits per heavy atom. The zero-order valence-corrected chi connectivity index (χ0v) is 8.85. The maximum atomic E-state index is 3.21. The number of nitrogens with zero attached hydrogens (tertiary/aromatic N) is 1. The van der Waals surface area contributed by atoms with Crippen LogP contribution in [0.2, 0.25) is 0 Å². The lowest BCUT2D eigenvalue weighted by Gasteiger charge is -2.26. The Hall–Kier alpha value is -0.120. The van der Waals surface area contributed by atoms with Gasteiger partial charge in [-0.1, -0.05) is 6.92 Å². The number of likely N-dealkylation sites (N-methyl/N-ethyl adjacent to an activating group) is 3. The van der Waals surface area contributed by atoms with Crippen molar-refractivity contribution in [3.63, 3.8) is 0 Å². The second-order valence-electron chi connectivity index (χ2n) is 3.20. The highest BCUT2D eigenvalue weighted by Crippen LogP contribution is 1.98. The van der Waals surface area contributed by atoms with Crippen molar-refractivity contribution >= 4 is 0 Å². The number of hydrogen-bond acceptors (Lipinski definition) is 3. The van der Waals surface area contributed by atoms with E-state index in [1.807, 2.05) is 14.1 Å². The third-order valence-corrected chi connectivity index (χ3v) is 2.25. The van der Waals surface area contributed by atoms with Crippen molar-refractivity contribution in [2.24, 2.45) is 0 Å². The molecule has 0 bridgehead atoms. The standard InChI is InChI=1S/C9H23N3/c1-5-9(8-11-3)12(4)7-6-10-2/h9-11H,5-8H2,1-4H3. The Bertz CT molecular complexity index is 95.8. The van der Waals surface area contributed by atoms with Crippen molar-refractivity contribution in [1.82, 2.24) is 15.5 Å². The smallest absolute Gasteiger partial charge is 0.0215 e. The SMILES string of the molecule is CCC(CNC)N(C)CCNC. The Morgan fingerprint density at radius 3 is 2.33 bits per heavy atom.